The normalized spacial score (nSPS) is 17.4. The zero-order chi connectivity index (χ0) is 20.3. The van der Waals surface area contributed by atoms with E-state index in [1.54, 1.807) is 41.3 Å². The number of hydrogen-bond acceptors (Lipinski definition) is 3. The SMILES string of the molecule is Cc1ccc(N(CC(=O)N2CCC[C@H](C)C2)S(=O)(=O)c2ccc(C)cc2)cc1. The molecule has 1 fully saturated rings. The van der Waals surface area contributed by atoms with Gasteiger partial charge in [0, 0.05) is 13.1 Å². The Bertz CT molecular complexity index is 921. The van der Waals surface area contributed by atoms with E-state index in [2.05, 4.69) is 6.92 Å². The zero-order valence-corrected chi connectivity index (χ0v) is 17.6. The molecule has 5 nitrogen and oxygen atoms in total. The maximum atomic E-state index is 13.4. The molecule has 2 aromatic carbocycles. The molecule has 0 aromatic heterocycles. The number of aryl methyl sites for hydroxylation is 2. The van der Waals surface area contributed by atoms with E-state index in [1.165, 1.54) is 4.31 Å². The quantitative estimate of drug-likeness (QED) is 0.768. The van der Waals surface area contributed by atoms with Crippen LogP contribution in [0.1, 0.15) is 30.9 Å². The van der Waals surface area contributed by atoms with Crippen LogP contribution >= 0.6 is 0 Å². The first-order valence-corrected chi connectivity index (χ1v) is 11.2. The maximum absolute atomic E-state index is 13.4. The van der Waals surface area contributed by atoms with E-state index in [4.69, 9.17) is 0 Å². The third-order valence-electron chi connectivity index (χ3n) is 5.22. The van der Waals surface area contributed by atoms with Gasteiger partial charge in [-0.05, 0) is 56.9 Å². The largest absolute Gasteiger partial charge is 0.341 e. The summed E-state index contributed by atoms with van der Waals surface area (Å²) in [5, 5.41) is 0. The molecule has 0 saturated carbocycles. The topological polar surface area (TPSA) is 57.7 Å². The van der Waals surface area contributed by atoms with Gasteiger partial charge in [-0.3, -0.25) is 9.10 Å². The Morgan fingerprint density at radius 2 is 1.61 bits per heavy atom. The molecule has 3 rings (SSSR count). The van der Waals surface area contributed by atoms with Gasteiger partial charge in [0.25, 0.3) is 10.0 Å². The van der Waals surface area contributed by atoms with Gasteiger partial charge in [-0.25, -0.2) is 8.42 Å². The van der Waals surface area contributed by atoms with Gasteiger partial charge in [0.2, 0.25) is 5.91 Å². The minimum atomic E-state index is -3.85. The lowest BCUT2D eigenvalue weighted by Gasteiger charge is -2.33. The molecule has 0 radical (unpaired) electrons. The summed E-state index contributed by atoms with van der Waals surface area (Å²) in [4.78, 5) is 14.9. The highest BCUT2D eigenvalue weighted by Gasteiger charge is 2.30. The summed E-state index contributed by atoms with van der Waals surface area (Å²) < 4.78 is 28.0. The van der Waals surface area contributed by atoms with Crippen molar-refractivity contribution in [1.82, 2.24) is 4.90 Å². The van der Waals surface area contributed by atoms with E-state index in [9.17, 15) is 13.2 Å². The Morgan fingerprint density at radius 1 is 1.04 bits per heavy atom. The number of hydrogen-bond donors (Lipinski definition) is 0. The predicted molar refractivity (Wildman–Crippen MR) is 112 cm³/mol. The average Bonchev–Trinajstić information content (AvgIpc) is 2.67. The molecule has 1 heterocycles. The van der Waals surface area contributed by atoms with Crippen LogP contribution in [0.2, 0.25) is 0 Å². The van der Waals surface area contributed by atoms with Crippen LogP contribution in [-0.4, -0.2) is 38.9 Å². The lowest BCUT2D eigenvalue weighted by Crippen LogP contribution is -2.46. The molecule has 0 bridgehead atoms. The van der Waals surface area contributed by atoms with Crippen LogP contribution in [0.25, 0.3) is 0 Å². The van der Waals surface area contributed by atoms with E-state index in [0.29, 0.717) is 24.7 Å². The van der Waals surface area contributed by atoms with E-state index >= 15 is 0 Å². The highest BCUT2D eigenvalue weighted by molar-refractivity contribution is 7.92. The Kier molecular flexibility index (Phi) is 6.08. The zero-order valence-electron chi connectivity index (χ0n) is 16.8. The van der Waals surface area contributed by atoms with Gasteiger partial charge >= 0.3 is 0 Å². The molecule has 150 valence electrons. The second kappa shape index (κ2) is 8.35. The van der Waals surface area contributed by atoms with Crippen LogP contribution in [0.4, 0.5) is 5.69 Å². The Balaban J connectivity index is 1.94. The summed E-state index contributed by atoms with van der Waals surface area (Å²) in [5.74, 6) is 0.294. The minimum absolute atomic E-state index is 0.150. The third-order valence-corrected chi connectivity index (χ3v) is 7.01. The van der Waals surface area contributed by atoms with Crippen LogP contribution in [-0.2, 0) is 14.8 Å². The first-order valence-electron chi connectivity index (χ1n) is 9.71. The third kappa shape index (κ3) is 4.55. The molecule has 0 aliphatic carbocycles. The van der Waals surface area contributed by atoms with E-state index in [0.717, 1.165) is 24.0 Å². The predicted octanol–water partition coefficient (Wildman–Crippen LogP) is 3.76. The number of carbonyl (C=O) groups excluding carboxylic acids is 1. The summed E-state index contributed by atoms with van der Waals surface area (Å²) in [7, 11) is -3.85. The van der Waals surface area contributed by atoms with Gasteiger partial charge in [0.15, 0.2) is 0 Å². The molecular weight excluding hydrogens is 372 g/mol. The summed E-state index contributed by atoms with van der Waals surface area (Å²) in [6, 6.07) is 14.0. The van der Waals surface area contributed by atoms with E-state index in [1.807, 2.05) is 26.0 Å². The Hall–Kier alpha value is -2.34. The summed E-state index contributed by atoms with van der Waals surface area (Å²) >= 11 is 0. The molecule has 28 heavy (non-hydrogen) atoms. The van der Waals surface area contributed by atoms with Crippen LogP contribution in [0, 0.1) is 19.8 Å². The molecule has 0 N–H and O–H groups in total. The number of amides is 1. The van der Waals surface area contributed by atoms with Gasteiger partial charge in [0.1, 0.15) is 6.54 Å². The van der Waals surface area contributed by atoms with E-state index in [-0.39, 0.29) is 17.3 Å². The van der Waals surface area contributed by atoms with Crippen molar-refractivity contribution in [3.8, 4) is 0 Å². The number of sulfonamides is 1. The fraction of sp³-hybridized carbons (Fsp3) is 0.409. The number of likely N-dealkylation sites (tertiary alicyclic amines) is 1. The second-order valence-corrected chi connectivity index (χ2v) is 9.61. The Morgan fingerprint density at radius 3 is 2.18 bits per heavy atom. The van der Waals surface area contributed by atoms with Crippen LogP contribution in [0.3, 0.4) is 0 Å². The molecule has 6 heteroatoms. The number of nitrogens with zero attached hydrogens (tertiary/aromatic N) is 2. The molecule has 2 aromatic rings. The van der Waals surface area contributed by atoms with Gasteiger partial charge < -0.3 is 4.90 Å². The monoisotopic (exact) mass is 400 g/mol. The lowest BCUT2D eigenvalue weighted by molar-refractivity contribution is -0.131. The Labute approximate surface area is 168 Å². The summed E-state index contributed by atoms with van der Waals surface area (Å²) in [5.41, 5.74) is 2.52. The van der Waals surface area contributed by atoms with Crippen molar-refractivity contribution in [2.45, 2.75) is 38.5 Å². The van der Waals surface area contributed by atoms with Gasteiger partial charge in [-0.1, -0.05) is 42.3 Å². The number of benzene rings is 2. The van der Waals surface area contributed by atoms with Crippen molar-refractivity contribution < 1.29 is 13.2 Å². The number of piperidine rings is 1. The van der Waals surface area contributed by atoms with Crippen molar-refractivity contribution in [2.24, 2.45) is 5.92 Å². The van der Waals surface area contributed by atoms with Crippen molar-refractivity contribution in [3.05, 3.63) is 59.7 Å². The summed E-state index contributed by atoms with van der Waals surface area (Å²) in [6.45, 7) is 7.17. The molecule has 1 atom stereocenters. The molecule has 1 aliphatic heterocycles. The number of anilines is 1. The highest BCUT2D eigenvalue weighted by Crippen LogP contribution is 2.25. The van der Waals surface area contributed by atoms with Gasteiger partial charge in [-0.15, -0.1) is 0 Å². The van der Waals surface area contributed by atoms with Gasteiger partial charge in [0.05, 0.1) is 10.6 Å². The number of rotatable bonds is 5. The molecule has 1 aliphatic rings. The summed E-state index contributed by atoms with van der Waals surface area (Å²) in [6.07, 6.45) is 2.06. The standard InChI is InChI=1S/C22H28N2O3S/c1-17-6-10-20(11-7-17)24(16-22(25)23-14-4-5-19(3)15-23)28(26,27)21-12-8-18(2)9-13-21/h6-13,19H,4-5,14-16H2,1-3H3/t19-/m0/s1. The van der Waals surface area contributed by atoms with Gasteiger partial charge in [-0.2, -0.15) is 0 Å². The van der Waals surface area contributed by atoms with Crippen LogP contribution in [0.5, 0.6) is 0 Å². The van der Waals surface area contributed by atoms with Crippen LogP contribution < -0.4 is 4.31 Å². The number of carbonyl (C=O) groups is 1. The van der Waals surface area contributed by atoms with Crippen molar-refractivity contribution >= 4 is 21.6 Å². The first-order chi connectivity index (χ1) is 13.3. The smallest absolute Gasteiger partial charge is 0.264 e. The second-order valence-electron chi connectivity index (χ2n) is 7.75. The fourth-order valence-electron chi connectivity index (χ4n) is 3.50. The fourth-order valence-corrected chi connectivity index (χ4v) is 4.92. The molecule has 0 spiro atoms. The van der Waals surface area contributed by atoms with Crippen molar-refractivity contribution in [1.29, 1.82) is 0 Å². The first kappa shape index (κ1) is 20.4. The van der Waals surface area contributed by atoms with E-state index < -0.39 is 10.0 Å². The van der Waals surface area contributed by atoms with Crippen LogP contribution in [0.15, 0.2) is 53.4 Å². The van der Waals surface area contributed by atoms with Crippen molar-refractivity contribution in [3.63, 3.8) is 0 Å². The highest BCUT2D eigenvalue weighted by atomic mass is 32.2. The molecular formula is C22H28N2O3S. The average molecular weight is 401 g/mol. The van der Waals surface area contributed by atoms with Crippen molar-refractivity contribution in [2.75, 3.05) is 23.9 Å². The molecule has 1 saturated heterocycles. The molecule has 1 amide bonds. The lowest BCUT2D eigenvalue weighted by atomic mass is 10.0. The maximum Gasteiger partial charge on any atom is 0.264 e. The minimum Gasteiger partial charge on any atom is -0.341 e. The molecule has 0 unspecified atom stereocenters.